The van der Waals surface area contributed by atoms with E-state index in [-0.39, 0.29) is 0 Å². The molecule has 0 aliphatic carbocycles. The van der Waals surface area contributed by atoms with Gasteiger partial charge in [-0.05, 0) is 38.7 Å². The summed E-state index contributed by atoms with van der Waals surface area (Å²) < 4.78 is 0. The lowest BCUT2D eigenvalue weighted by atomic mass is 10.1. The number of halogens is 1. The molecule has 1 rings (SSSR count). The lowest BCUT2D eigenvalue weighted by molar-refractivity contribution is 0.572. The van der Waals surface area contributed by atoms with E-state index >= 15 is 0 Å². The van der Waals surface area contributed by atoms with Crippen molar-refractivity contribution in [3.05, 3.63) is 17.5 Å². The highest BCUT2D eigenvalue weighted by Crippen LogP contribution is 2.08. The van der Waals surface area contributed by atoms with Crippen LogP contribution in [0.4, 0.5) is 5.95 Å². The molecule has 0 saturated carbocycles. The van der Waals surface area contributed by atoms with E-state index in [1.54, 1.807) is 0 Å². The van der Waals surface area contributed by atoms with Crippen molar-refractivity contribution in [3.63, 3.8) is 0 Å². The summed E-state index contributed by atoms with van der Waals surface area (Å²) >= 11 is 5.74. The van der Waals surface area contributed by atoms with E-state index in [4.69, 9.17) is 11.6 Å². The van der Waals surface area contributed by atoms with Crippen molar-refractivity contribution in [1.29, 1.82) is 0 Å². The number of aryl methyl sites for hydroxylation is 2. The number of alkyl halides is 1. The van der Waals surface area contributed by atoms with Crippen LogP contribution in [0.2, 0.25) is 0 Å². The van der Waals surface area contributed by atoms with Gasteiger partial charge in [0.2, 0.25) is 5.95 Å². The van der Waals surface area contributed by atoms with Crippen LogP contribution in [-0.4, -0.2) is 22.4 Å². The molecule has 1 atom stereocenters. The zero-order valence-corrected chi connectivity index (χ0v) is 11.0. The molecule has 0 aromatic carbocycles. The summed E-state index contributed by atoms with van der Waals surface area (Å²) in [5.41, 5.74) is 2.01. The standard InChI is InChI=1S/C12H20ClN3/c1-9(8-13)5-4-6-14-12-15-10(2)7-11(3)16-12/h7,9H,4-6,8H2,1-3H3,(H,14,15,16). The Hall–Kier alpha value is -0.830. The van der Waals surface area contributed by atoms with Crippen molar-refractivity contribution in [2.24, 2.45) is 5.92 Å². The molecule has 1 aromatic heterocycles. The Bertz CT molecular complexity index is 308. The number of hydrogen-bond donors (Lipinski definition) is 1. The van der Waals surface area contributed by atoms with Crippen molar-refractivity contribution in [2.75, 3.05) is 17.7 Å². The highest BCUT2D eigenvalue weighted by atomic mass is 35.5. The van der Waals surface area contributed by atoms with Gasteiger partial charge in [-0.25, -0.2) is 9.97 Å². The largest absolute Gasteiger partial charge is 0.354 e. The zero-order chi connectivity index (χ0) is 12.0. The highest BCUT2D eigenvalue weighted by Gasteiger charge is 2.01. The first-order chi connectivity index (χ1) is 7.61. The minimum Gasteiger partial charge on any atom is -0.354 e. The second-order valence-electron chi connectivity index (χ2n) is 4.30. The Morgan fingerprint density at radius 3 is 2.50 bits per heavy atom. The zero-order valence-electron chi connectivity index (χ0n) is 10.3. The number of anilines is 1. The number of nitrogens with one attached hydrogen (secondary N) is 1. The van der Waals surface area contributed by atoms with Gasteiger partial charge >= 0.3 is 0 Å². The van der Waals surface area contributed by atoms with E-state index in [0.29, 0.717) is 5.92 Å². The minimum atomic E-state index is 0.587. The summed E-state index contributed by atoms with van der Waals surface area (Å²) in [6.07, 6.45) is 2.24. The lowest BCUT2D eigenvalue weighted by Crippen LogP contribution is -2.08. The first kappa shape index (κ1) is 13.2. The molecule has 16 heavy (non-hydrogen) atoms. The van der Waals surface area contributed by atoms with Crippen LogP contribution in [0.3, 0.4) is 0 Å². The second-order valence-corrected chi connectivity index (χ2v) is 4.61. The third-order valence-electron chi connectivity index (χ3n) is 2.40. The van der Waals surface area contributed by atoms with Gasteiger partial charge in [0.1, 0.15) is 0 Å². The summed E-state index contributed by atoms with van der Waals surface area (Å²) in [6.45, 7) is 7.04. The monoisotopic (exact) mass is 241 g/mol. The van der Waals surface area contributed by atoms with Crippen molar-refractivity contribution in [2.45, 2.75) is 33.6 Å². The van der Waals surface area contributed by atoms with Gasteiger partial charge in [-0.3, -0.25) is 0 Å². The average molecular weight is 242 g/mol. The lowest BCUT2D eigenvalue weighted by Gasteiger charge is -2.08. The topological polar surface area (TPSA) is 37.8 Å². The molecule has 0 aliphatic heterocycles. The van der Waals surface area contributed by atoms with Crippen LogP contribution in [0.1, 0.15) is 31.2 Å². The maximum Gasteiger partial charge on any atom is 0.223 e. The van der Waals surface area contributed by atoms with Crippen LogP contribution in [0.5, 0.6) is 0 Å². The van der Waals surface area contributed by atoms with E-state index in [1.807, 2.05) is 19.9 Å². The molecule has 4 heteroatoms. The van der Waals surface area contributed by atoms with Crippen LogP contribution in [0.15, 0.2) is 6.07 Å². The molecule has 0 saturated heterocycles. The van der Waals surface area contributed by atoms with Gasteiger partial charge in [-0.15, -0.1) is 11.6 Å². The molecule has 1 aromatic rings. The fraction of sp³-hybridized carbons (Fsp3) is 0.667. The first-order valence-electron chi connectivity index (χ1n) is 5.74. The van der Waals surface area contributed by atoms with E-state index in [0.717, 1.165) is 42.6 Å². The summed E-state index contributed by atoms with van der Waals surface area (Å²) in [6, 6.07) is 1.97. The number of aromatic nitrogens is 2. The minimum absolute atomic E-state index is 0.587. The second kappa shape index (κ2) is 6.69. The summed E-state index contributed by atoms with van der Waals surface area (Å²) in [5.74, 6) is 2.06. The molecule has 0 spiro atoms. The van der Waals surface area contributed by atoms with Crippen molar-refractivity contribution in [1.82, 2.24) is 9.97 Å². The van der Waals surface area contributed by atoms with E-state index in [9.17, 15) is 0 Å². The van der Waals surface area contributed by atoms with Gasteiger partial charge in [0, 0.05) is 23.8 Å². The Morgan fingerprint density at radius 1 is 1.31 bits per heavy atom. The maximum absolute atomic E-state index is 5.74. The Balaban J connectivity index is 2.32. The van der Waals surface area contributed by atoms with E-state index in [1.165, 1.54) is 0 Å². The molecule has 0 fully saturated rings. The third-order valence-corrected chi connectivity index (χ3v) is 2.93. The molecule has 90 valence electrons. The van der Waals surface area contributed by atoms with Gasteiger partial charge in [-0.2, -0.15) is 0 Å². The van der Waals surface area contributed by atoms with E-state index in [2.05, 4.69) is 22.2 Å². The fourth-order valence-corrected chi connectivity index (χ4v) is 1.69. The maximum atomic E-state index is 5.74. The van der Waals surface area contributed by atoms with Gasteiger partial charge < -0.3 is 5.32 Å². The van der Waals surface area contributed by atoms with Crippen molar-refractivity contribution in [3.8, 4) is 0 Å². The van der Waals surface area contributed by atoms with Crippen molar-refractivity contribution >= 4 is 17.5 Å². The molecule has 0 radical (unpaired) electrons. The number of rotatable bonds is 6. The molecule has 0 amide bonds. The Labute approximate surface area is 103 Å². The number of nitrogens with zero attached hydrogens (tertiary/aromatic N) is 2. The third kappa shape index (κ3) is 4.79. The van der Waals surface area contributed by atoms with Crippen LogP contribution in [0, 0.1) is 19.8 Å². The summed E-state index contributed by atoms with van der Waals surface area (Å²) in [5, 5.41) is 3.24. The molecule has 1 heterocycles. The fourth-order valence-electron chi connectivity index (χ4n) is 1.53. The van der Waals surface area contributed by atoms with Gasteiger partial charge in [0.25, 0.3) is 0 Å². The van der Waals surface area contributed by atoms with Crippen LogP contribution in [-0.2, 0) is 0 Å². The molecule has 0 bridgehead atoms. The molecule has 1 unspecified atom stereocenters. The Morgan fingerprint density at radius 2 is 1.94 bits per heavy atom. The smallest absolute Gasteiger partial charge is 0.223 e. The average Bonchev–Trinajstić information content (AvgIpc) is 2.22. The normalized spacial score (nSPS) is 12.5. The van der Waals surface area contributed by atoms with Crippen LogP contribution in [0.25, 0.3) is 0 Å². The first-order valence-corrected chi connectivity index (χ1v) is 6.27. The summed E-state index contributed by atoms with van der Waals surface area (Å²) in [4.78, 5) is 8.65. The van der Waals surface area contributed by atoms with E-state index < -0.39 is 0 Å². The van der Waals surface area contributed by atoms with Crippen LogP contribution >= 0.6 is 11.6 Å². The molecular weight excluding hydrogens is 222 g/mol. The summed E-state index contributed by atoms with van der Waals surface area (Å²) in [7, 11) is 0. The van der Waals surface area contributed by atoms with Gasteiger partial charge in [0.05, 0.1) is 0 Å². The predicted octanol–water partition coefficient (Wildman–Crippen LogP) is 3.16. The van der Waals surface area contributed by atoms with Gasteiger partial charge in [-0.1, -0.05) is 6.92 Å². The Kier molecular flexibility index (Phi) is 5.53. The molecule has 1 N–H and O–H groups in total. The van der Waals surface area contributed by atoms with Crippen LogP contribution < -0.4 is 5.32 Å². The molecule has 3 nitrogen and oxygen atoms in total. The highest BCUT2D eigenvalue weighted by molar-refractivity contribution is 6.18. The number of hydrogen-bond acceptors (Lipinski definition) is 3. The van der Waals surface area contributed by atoms with Crippen molar-refractivity contribution < 1.29 is 0 Å². The van der Waals surface area contributed by atoms with Gasteiger partial charge in [0.15, 0.2) is 0 Å². The SMILES string of the molecule is Cc1cc(C)nc(NCCCC(C)CCl)n1. The predicted molar refractivity (Wildman–Crippen MR) is 69.1 cm³/mol. The quantitative estimate of drug-likeness (QED) is 0.614. The molecule has 0 aliphatic rings. The molecular formula is C12H20ClN3.